The second-order valence-corrected chi connectivity index (χ2v) is 10.9. The van der Waals surface area contributed by atoms with Crippen molar-refractivity contribution in [2.45, 2.75) is 19.3 Å². The van der Waals surface area contributed by atoms with Crippen LogP contribution in [-0.2, 0) is 9.98 Å². The van der Waals surface area contributed by atoms with Gasteiger partial charge < -0.3 is 14.4 Å². The molecule has 0 aliphatic carbocycles. The molecule has 5 nitrogen and oxygen atoms in total. The van der Waals surface area contributed by atoms with Gasteiger partial charge in [-0.25, -0.2) is 0 Å². The molecule has 4 aromatic rings. The third-order valence-corrected chi connectivity index (χ3v) is 8.38. The molecular formula is C28H24NO4P. The van der Waals surface area contributed by atoms with Crippen molar-refractivity contribution in [3.63, 3.8) is 0 Å². The lowest BCUT2D eigenvalue weighted by atomic mass is 9.78. The van der Waals surface area contributed by atoms with Crippen LogP contribution >= 0.6 is 7.37 Å². The van der Waals surface area contributed by atoms with Crippen LogP contribution in [-0.4, -0.2) is 10.7 Å². The molecule has 0 radical (unpaired) electrons. The Bertz CT molecular complexity index is 1430. The Kier molecular flexibility index (Phi) is 5.30. The Morgan fingerprint density at radius 1 is 0.824 bits per heavy atom. The first-order chi connectivity index (χ1) is 16.3. The Balaban J connectivity index is 1.42. The standard InChI is InChI=1S/C28H24NO4P/c1-28(2,19-11-15-21(30)16-12-19)20-13-17-22(18-14-20)32-27(29)34(31)26-10-6-4-8-24(26)23-7-3-5-9-25(23)33-34/h3-18,29-30H,1-2H3. The monoisotopic (exact) mass is 469 g/mol. The Morgan fingerprint density at radius 2 is 1.38 bits per heavy atom. The van der Waals surface area contributed by atoms with E-state index in [0.29, 0.717) is 16.8 Å². The lowest BCUT2D eigenvalue weighted by Crippen LogP contribution is -2.25. The van der Waals surface area contributed by atoms with Crippen molar-refractivity contribution >= 4 is 18.3 Å². The minimum Gasteiger partial charge on any atom is -0.508 e. The average Bonchev–Trinajstić information content (AvgIpc) is 2.85. The molecule has 0 amide bonds. The smallest absolute Gasteiger partial charge is 0.360 e. The molecule has 0 fully saturated rings. The van der Waals surface area contributed by atoms with Crippen LogP contribution in [0.5, 0.6) is 17.2 Å². The highest BCUT2D eigenvalue weighted by Gasteiger charge is 2.42. The lowest BCUT2D eigenvalue weighted by molar-refractivity contribution is 0.474. The van der Waals surface area contributed by atoms with Gasteiger partial charge in [-0.15, -0.1) is 0 Å². The third kappa shape index (κ3) is 3.68. The molecule has 1 atom stereocenters. The van der Waals surface area contributed by atoms with Gasteiger partial charge in [-0.1, -0.05) is 74.5 Å². The average molecular weight is 469 g/mol. The molecule has 6 heteroatoms. The molecule has 0 aromatic heterocycles. The van der Waals surface area contributed by atoms with E-state index in [2.05, 4.69) is 13.8 Å². The molecule has 170 valence electrons. The van der Waals surface area contributed by atoms with Gasteiger partial charge in [-0.3, -0.25) is 9.97 Å². The number of benzene rings is 4. The molecule has 1 unspecified atom stereocenters. The number of fused-ring (bicyclic) bond motifs is 3. The quantitative estimate of drug-likeness (QED) is 0.198. The summed E-state index contributed by atoms with van der Waals surface area (Å²) in [6.07, 6.45) is 0. The van der Waals surface area contributed by atoms with Gasteiger partial charge in [0, 0.05) is 11.0 Å². The van der Waals surface area contributed by atoms with Gasteiger partial charge in [-0.05, 0) is 53.1 Å². The fourth-order valence-corrected chi connectivity index (χ4v) is 6.08. The molecule has 4 aromatic carbocycles. The van der Waals surface area contributed by atoms with Crippen molar-refractivity contribution in [2.75, 3.05) is 0 Å². The van der Waals surface area contributed by atoms with Crippen LogP contribution in [0, 0.1) is 5.41 Å². The van der Waals surface area contributed by atoms with Crippen LogP contribution in [0.1, 0.15) is 25.0 Å². The van der Waals surface area contributed by atoms with Crippen LogP contribution in [0.15, 0.2) is 97.1 Å². The molecule has 34 heavy (non-hydrogen) atoms. The number of hydrogen-bond donors (Lipinski definition) is 2. The molecule has 1 heterocycles. The van der Waals surface area contributed by atoms with Gasteiger partial charge in [0.25, 0.3) is 5.64 Å². The van der Waals surface area contributed by atoms with Crippen molar-refractivity contribution in [2.24, 2.45) is 0 Å². The molecule has 2 N–H and O–H groups in total. The first-order valence-electron chi connectivity index (χ1n) is 10.9. The third-order valence-electron chi connectivity index (χ3n) is 6.27. The first kappa shape index (κ1) is 22.0. The highest BCUT2D eigenvalue weighted by Crippen LogP contribution is 2.55. The summed E-state index contributed by atoms with van der Waals surface area (Å²) in [5.74, 6) is 1.11. The molecule has 1 aliphatic heterocycles. The summed E-state index contributed by atoms with van der Waals surface area (Å²) in [6, 6.07) is 29.2. The zero-order valence-electron chi connectivity index (χ0n) is 18.9. The maximum atomic E-state index is 14.0. The second kappa shape index (κ2) is 8.19. The molecule has 0 saturated carbocycles. The summed E-state index contributed by atoms with van der Waals surface area (Å²) in [6.45, 7) is 4.19. The molecule has 5 rings (SSSR count). The Hall–Kier alpha value is -3.82. The van der Waals surface area contributed by atoms with Gasteiger partial charge in [0.2, 0.25) is 0 Å². The lowest BCUT2D eigenvalue weighted by Gasteiger charge is -2.28. The predicted molar refractivity (Wildman–Crippen MR) is 135 cm³/mol. The molecule has 0 spiro atoms. The van der Waals surface area contributed by atoms with Crippen LogP contribution in [0.2, 0.25) is 0 Å². The molecule has 0 saturated heterocycles. The largest absolute Gasteiger partial charge is 0.508 e. The van der Waals surface area contributed by atoms with Crippen molar-refractivity contribution in [1.29, 1.82) is 5.41 Å². The number of aromatic hydroxyl groups is 1. The van der Waals surface area contributed by atoms with E-state index >= 15 is 0 Å². The van der Waals surface area contributed by atoms with Gasteiger partial charge in [0.05, 0.1) is 5.30 Å². The minimum absolute atomic E-state index is 0.228. The first-order valence-corrected chi connectivity index (χ1v) is 12.6. The number of rotatable bonds is 4. The topological polar surface area (TPSA) is 79.6 Å². The van der Waals surface area contributed by atoms with E-state index in [1.165, 1.54) is 0 Å². The Morgan fingerprint density at radius 3 is 2.06 bits per heavy atom. The normalized spacial score (nSPS) is 16.6. The fourth-order valence-electron chi connectivity index (χ4n) is 4.22. The highest BCUT2D eigenvalue weighted by atomic mass is 31.2. The summed E-state index contributed by atoms with van der Waals surface area (Å²) in [5, 5.41) is 18.6. The fraction of sp³-hybridized carbons (Fsp3) is 0.107. The number of hydrogen-bond acceptors (Lipinski definition) is 5. The van der Waals surface area contributed by atoms with Crippen LogP contribution in [0.4, 0.5) is 0 Å². The molecular weight excluding hydrogens is 445 g/mol. The molecule has 0 bridgehead atoms. The van der Waals surface area contributed by atoms with Gasteiger partial charge in [-0.2, -0.15) is 0 Å². The van der Waals surface area contributed by atoms with Crippen LogP contribution in [0.3, 0.4) is 0 Å². The van der Waals surface area contributed by atoms with E-state index in [9.17, 15) is 9.67 Å². The van der Waals surface area contributed by atoms with E-state index in [-0.39, 0.29) is 11.2 Å². The summed E-state index contributed by atoms with van der Waals surface area (Å²) >= 11 is 0. The zero-order chi connectivity index (χ0) is 23.9. The van der Waals surface area contributed by atoms with Gasteiger partial charge in [0.1, 0.15) is 17.2 Å². The Labute approximate surface area is 198 Å². The van der Waals surface area contributed by atoms with E-state index in [1.807, 2.05) is 54.6 Å². The predicted octanol–water partition coefficient (Wildman–Crippen LogP) is 6.69. The van der Waals surface area contributed by atoms with Crippen LogP contribution in [0.25, 0.3) is 11.1 Å². The maximum absolute atomic E-state index is 14.0. The number of phenols is 1. The SMILES string of the molecule is CC(C)(c1ccc(O)cc1)c1ccc(OC(=N)P2(=O)Oc3ccccc3-c3ccccc32)cc1. The number of para-hydroxylation sites is 1. The minimum atomic E-state index is -3.75. The van der Waals surface area contributed by atoms with Gasteiger partial charge >= 0.3 is 7.37 Å². The van der Waals surface area contributed by atoms with Crippen LogP contribution < -0.4 is 14.6 Å². The second-order valence-electron chi connectivity index (χ2n) is 8.76. The van der Waals surface area contributed by atoms with E-state index in [4.69, 9.17) is 14.7 Å². The summed E-state index contributed by atoms with van der Waals surface area (Å²) in [4.78, 5) is 0. The number of phenolic OH excluding ortho intramolecular Hbond substituents is 1. The van der Waals surface area contributed by atoms with Crippen molar-refractivity contribution in [3.8, 4) is 28.4 Å². The maximum Gasteiger partial charge on any atom is 0.360 e. The van der Waals surface area contributed by atoms with E-state index in [0.717, 1.165) is 22.3 Å². The zero-order valence-corrected chi connectivity index (χ0v) is 19.8. The summed E-state index contributed by atoms with van der Waals surface area (Å²) in [5.41, 5.74) is 3.01. The van der Waals surface area contributed by atoms with E-state index < -0.39 is 13.0 Å². The van der Waals surface area contributed by atoms with Crippen molar-refractivity contribution in [3.05, 3.63) is 108 Å². The van der Waals surface area contributed by atoms with Crippen molar-refractivity contribution in [1.82, 2.24) is 0 Å². The summed E-state index contributed by atoms with van der Waals surface area (Å²) in [7, 11) is -3.75. The highest BCUT2D eigenvalue weighted by molar-refractivity contribution is 7.83. The summed E-state index contributed by atoms with van der Waals surface area (Å²) < 4.78 is 25.7. The molecule has 1 aliphatic rings. The van der Waals surface area contributed by atoms with E-state index in [1.54, 1.807) is 42.5 Å². The van der Waals surface area contributed by atoms with Gasteiger partial charge in [0.15, 0.2) is 0 Å². The van der Waals surface area contributed by atoms with Crippen molar-refractivity contribution < 1.29 is 18.9 Å². The number of nitrogens with one attached hydrogen (secondary N) is 1. The number of ether oxygens (including phenoxy) is 1.